The van der Waals surface area contributed by atoms with E-state index < -0.39 is 27.6 Å². The molecule has 11 heteroatoms. The second-order valence-electron chi connectivity index (χ2n) is 6.62. The van der Waals surface area contributed by atoms with Crippen LogP contribution in [-0.4, -0.2) is 40.3 Å². The molecule has 0 bridgehead atoms. The number of alkyl halides is 3. The lowest BCUT2D eigenvalue weighted by molar-refractivity contribution is -0.138. The van der Waals surface area contributed by atoms with Gasteiger partial charge >= 0.3 is 6.18 Å². The van der Waals surface area contributed by atoms with E-state index in [2.05, 4.69) is 20.3 Å². The average Bonchev–Trinajstić information content (AvgIpc) is 2.56. The Bertz CT molecular complexity index is 793. The number of aliphatic imine (C=N–C) groups is 1. The van der Waals surface area contributed by atoms with Crippen molar-refractivity contribution in [2.24, 2.45) is 10.9 Å². The Morgan fingerprint density at radius 2 is 1.96 bits per heavy atom. The zero-order valence-electron chi connectivity index (χ0n) is 15.4. The molecule has 0 atom stereocenters. The van der Waals surface area contributed by atoms with Crippen LogP contribution in [0.4, 0.5) is 17.6 Å². The predicted octanol–water partition coefficient (Wildman–Crippen LogP) is 2.23. The Hall–Kier alpha value is -1.88. The summed E-state index contributed by atoms with van der Waals surface area (Å²) in [6.45, 7) is 0.219. The quantitative estimate of drug-likeness (QED) is 0.340. The summed E-state index contributed by atoms with van der Waals surface area (Å²) in [5.41, 5.74) is -1.22. The van der Waals surface area contributed by atoms with Crippen LogP contribution in [-0.2, 0) is 22.7 Å². The average molecular weight is 424 g/mol. The summed E-state index contributed by atoms with van der Waals surface area (Å²) < 4.78 is 78.6. The van der Waals surface area contributed by atoms with Crippen molar-refractivity contribution < 1.29 is 26.0 Å². The Balaban J connectivity index is 1.83. The van der Waals surface area contributed by atoms with Crippen LogP contribution < -0.4 is 15.4 Å². The van der Waals surface area contributed by atoms with Crippen LogP contribution in [0.1, 0.15) is 30.4 Å². The minimum Gasteiger partial charge on any atom is -0.355 e. The normalized spacial score (nSPS) is 16.0. The molecule has 158 valence electrons. The monoisotopic (exact) mass is 424 g/mol. The maximum absolute atomic E-state index is 13.1. The van der Waals surface area contributed by atoms with E-state index in [1.807, 2.05) is 0 Å². The standard InChI is InChI=1S/C17H24F4N4O2S/c1-22-16(23-7-8-28(26,27)25-10-12-3-2-4-12)24-11-13-5-6-14(18)9-15(13)17(19,20)21/h5-6,9,12,25H,2-4,7-8,10-11H2,1H3,(H2,22,23,24). The number of halogens is 4. The number of hydrogen-bond acceptors (Lipinski definition) is 3. The zero-order chi connectivity index (χ0) is 20.8. The molecule has 28 heavy (non-hydrogen) atoms. The molecule has 0 spiro atoms. The molecule has 2 rings (SSSR count). The van der Waals surface area contributed by atoms with Gasteiger partial charge < -0.3 is 10.6 Å². The fourth-order valence-corrected chi connectivity index (χ4v) is 3.69. The molecule has 0 unspecified atom stereocenters. The Labute approximate surface area is 161 Å². The van der Waals surface area contributed by atoms with E-state index in [1.165, 1.54) is 7.05 Å². The van der Waals surface area contributed by atoms with Gasteiger partial charge in [0.15, 0.2) is 5.96 Å². The SMILES string of the molecule is CN=C(NCCS(=O)(=O)NCC1CCC1)NCc1ccc(F)cc1C(F)(F)F. The number of hydrogen-bond donors (Lipinski definition) is 3. The Morgan fingerprint density at radius 1 is 1.25 bits per heavy atom. The largest absolute Gasteiger partial charge is 0.416 e. The topological polar surface area (TPSA) is 82.6 Å². The van der Waals surface area contributed by atoms with Crippen LogP contribution in [0.15, 0.2) is 23.2 Å². The van der Waals surface area contributed by atoms with Crippen LogP contribution in [0, 0.1) is 11.7 Å². The zero-order valence-corrected chi connectivity index (χ0v) is 16.3. The third kappa shape index (κ3) is 6.93. The van der Waals surface area contributed by atoms with Gasteiger partial charge in [-0.3, -0.25) is 4.99 Å². The molecule has 0 heterocycles. The molecule has 0 aliphatic heterocycles. The van der Waals surface area contributed by atoms with Gasteiger partial charge in [-0.05, 0) is 36.5 Å². The number of nitrogens with zero attached hydrogens (tertiary/aromatic N) is 1. The molecule has 1 fully saturated rings. The van der Waals surface area contributed by atoms with Gasteiger partial charge in [-0.25, -0.2) is 17.5 Å². The third-order valence-electron chi connectivity index (χ3n) is 4.53. The Morgan fingerprint density at radius 3 is 2.54 bits per heavy atom. The lowest BCUT2D eigenvalue weighted by Crippen LogP contribution is -2.42. The van der Waals surface area contributed by atoms with Crippen molar-refractivity contribution in [2.45, 2.75) is 32.0 Å². The molecule has 1 aliphatic carbocycles. The molecule has 1 aromatic rings. The second-order valence-corrected chi connectivity index (χ2v) is 8.54. The summed E-state index contributed by atoms with van der Waals surface area (Å²) in [4.78, 5) is 3.85. The first-order chi connectivity index (χ1) is 13.1. The fraction of sp³-hybridized carbons (Fsp3) is 0.588. The van der Waals surface area contributed by atoms with E-state index in [0.717, 1.165) is 31.4 Å². The lowest BCUT2D eigenvalue weighted by Gasteiger charge is -2.25. The van der Waals surface area contributed by atoms with Crippen molar-refractivity contribution in [3.8, 4) is 0 Å². The number of rotatable bonds is 8. The van der Waals surface area contributed by atoms with E-state index >= 15 is 0 Å². The number of guanidine groups is 1. The van der Waals surface area contributed by atoms with Crippen LogP contribution in [0.2, 0.25) is 0 Å². The number of sulfonamides is 1. The molecule has 6 nitrogen and oxygen atoms in total. The van der Waals surface area contributed by atoms with Crippen LogP contribution in [0.25, 0.3) is 0 Å². The van der Waals surface area contributed by atoms with E-state index in [1.54, 1.807) is 0 Å². The summed E-state index contributed by atoms with van der Waals surface area (Å²) in [5.74, 6) is -0.620. The minimum atomic E-state index is -4.68. The van der Waals surface area contributed by atoms with Gasteiger partial charge in [0.2, 0.25) is 10.0 Å². The van der Waals surface area contributed by atoms with Gasteiger partial charge in [0.25, 0.3) is 0 Å². The first-order valence-electron chi connectivity index (χ1n) is 8.88. The highest BCUT2D eigenvalue weighted by molar-refractivity contribution is 7.89. The molecular formula is C17H24F4N4O2S. The molecule has 1 saturated carbocycles. The first kappa shape index (κ1) is 22.4. The van der Waals surface area contributed by atoms with Gasteiger partial charge in [0.05, 0.1) is 11.3 Å². The first-order valence-corrected chi connectivity index (χ1v) is 10.5. The van der Waals surface area contributed by atoms with Gasteiger partial charge in [-0.15, -0.1) is 0 Å². The van der Waals surface area contributed by atoms with E-state index in [9.17, 15) is 26.0 Å². The summed E-state index contributed by atoms with van der Waals surface area (Å²) in [6, 6.07) is 2.43. The Kier molecular flexibility index (Phi) is 7.64. The van der Waals surface area contributed by atoms with Gasteiger partial charge in [-0.2, -0.15) is 13.2 Å². The molecular weight excluding hydrogens is 400 g/mol. The second kappa shape index (κ2) is 9.55. The maximum atomic E-state index is 13.1. The third-order valence-corrected chi connectivity index (χ3v) is 5.88. The minimum absolute atomic E-state index is 0.0369. The van der Waals surface area contributed by atoms with Crippen molar-refractivity contribution >= 4 is 16.0 Å². The van der Waals surface area contributed by atoms with Gasteiger partial charge in [0, 0.05) is 26.7 Å². The van der Waals surface area contributed by atoms with E-state index in [-0.39, 0.29) is 30.4 Å². The maximum Gasteiger partial charge on any atom is 0.416 e. The summed E-state index contributed by atoms with van der Waals surface area (Å²) in [6.07, 6.45) is -1.50. The highest BCUT2D eigenvalue weighted by atomic mass is 32.2. The predicted molar refractivity (Wildman–Crippen MR) is 98.7 cm³/mol. The molecule has 3 N–H and O–H groups in total. The molecule has 0 aromatic heterocycles. The van der Waals surface area contributed by atoms with E-state index in [0.29, 0.717) is 18.5 Å². The lowest BCUT2D eigenvalue weighted by atomic mass is 9.86. The van der Waals surface area contributed by atoms with Gasteiger partial charge in [0.1, 0.15) is 5.82 Å². The smallest absolute Gasteiger partial charge is 0.355 e. The van der Waals surface area contributed by atoms with Gasteiger partial charge in [-0.1, -0.05) is 12.5 Å². The molecule has 0 radical (unpaired) electrons. The van der Waals surface area contributed by atoms with Crippen molar-refractivity contribution in [3.05, 3.63) is 35.1 Å². The fourth-order valence-electron chi connectivity index (χ4n) is 2.68. The molecule has 0 saturated heterocycles. The molecule has 1 aliphatic rings. The van der Waals surface area contributed by atoms with Crippen LogP contribution in [0.5, 0.6) is 0 Å². The molecule has 0 amide bonds. The summed E-state index contributed by atoms with van der Waals surface area (Å²) in [5, 5.41) is 5.42. The van der Waals surface area contributed by atoms with E-state index in [4.69, 9.17) is 0 Å². The highest BCUT2D eigenvalue weighted by Gasteiger charge is 2.33. The van der Waals surface area contributed by atoms with Crippen molar-refractivity contribution in [1.82, 2.24) is 15.4 Å². The van der Waals surface area contributed by atoms with Crippen LogP contribution in [0.3, 0.4) is 0 Å². The van der Waals surface area contributed by atoms with Crippen molar-refractivity contribution in [2.75, 3.05) is 25.9 Å². The summed E-state index contributed by atoms with van der Waals surface area (Å²) >= 11 is 0. The number of nitrogens with one attached hydrogen (secondary N) is 3. The van der Waals surface area contributed by atoms with Crippen molar-refractivity contribution in [1.29, 1.82) is 0 Å². The number of benzene rings is 1. The van der Waals surface area contributed by atoms with Crippen molar-refractivity contribution in [3.63, 3.8) is 0 Å². The summed E-state index contributed by atoms with van der Waals surface area (Å²) in [7, 11) is -2.03. The van der Waals surface area contributed by atoms with Crippen LogP contribution >= 0.6 is 0 Å². The highest BCUT2D eigenvalue weighted by Crippen LogP contribution is 2.32. The molecule has 1 aromatic carbocycles.